The summed E-state index contributed by atoms with van der Waals surface area (Å²) in [5, 5.41) is 27.3. The Morgan fingerprint density at radius 1 is 0.627 bits per heavy atom. The van der Waals surface area contributed by atoms with E-state index in [-0.39, 0.29) is 32.4 Å². The van der Waals surface area contributed by atoms with Gasteiger partial charge in [0.2, 0.25) is 0 Å². The lowest BCUT2D eigenvalue weighted by molar-refractivity contribution is 0.112. The highest BCUT2D eigenvalue weighted by Crippen LogP contribution is 2.38. The molecular formula is C46H44Cl4N6O3. The fourth-order valence-corrected chi connectivity index (χ4v) is 5.90. The molecular weight excluding hydrogens is 826 g/mol. The summed E-state index contributed by atoms with van der Waals surface area (Å²) >= 11 is 23.5. The summed E-state index contributed by atoms with van der Waals surface area (Å²) in [6.07, 6.45) is 7.47. The van der Waals surface area contributed by atoms with E-state index in [4.69, 9.17) is 52.1 Å². The third-order valence-electron chi connectivity index (χ3n) is 8.21. The van der Waals surface area contributed by atoms with Crippen LogP contribution in [-0.4, -0.2) is 36.4 Å². The van der Waals surface area contributed by atoms with Crippen LogP contribution in [0.4, 0.5) is 11.4 Å². The zero-order chi connectivity index (χ0) is 40.9. The van der Waals surface area contributed by atoms with Crippen LogP contribution in [0, 0.1) is 13.8 Å². The molecule has 8 rings (SSSR count). The van der Waals surface area contributed by atoms with Crippen molar-refractivity contribution in [3.8, 4) is 11.5 Å². The number of aromatic hydroxyl groups is 2. The highest BCUT2D eigenvalue weighted by atomic mass is 35.5. The van der Waals surface area contributed by atoms with Crippen molar-refractivity contribution in [2.75, 3.05) is 11.1 Å². The molecule has 4 aromatic carbocycles. The maximum absolute atomic E-state index is 11.0. The van der Waals surface area contributed by atoms with Gasteiger partial charge in [-0.3, -0.25) is 24.7 Å². The number of anilines is 2. The molecule has 8 aromatic rings. The lowest BCUT2D eigenvalue weighted by Crippen LogP contribution is -2.13. The zero-order valence-electron chi connectivity index (χ0n) is 30.6. The van der Waals surface area contributed by atoms with Gasteiger partial charge in [0.25, 0.3) is 0 Å². The van der Waals surface area contributed by atoms with Gasteiger partial charge in [0.15, 0.2) is 0 Å². The van der Waals surface area contributed by atoms with E-state index in [1.54, 1.807) is 61.2 Å². The third kappa shape index (κ3) is 13.3. The number of benzene rings is 4. The van der Waals surface area contributed by atoms with Crippen LogP contribution in [0.1, 0.15) is 53.8 Å². The molecule has 0 bridgehead atoms. The van der Waals surface area contributed by atoms with Crippen LogP contribution in [0.15, 0.2) is 140 Å². The predicted octanol–water partition coefficient (Wildman–Crippen LogP) is 13.1. The van der Waals surface area contributed by atoms with Crippen LogP contribution >= 0.6 is 46.4 Å². The Morgan fingerprint density at radius 3 is 1.78 bits per heavy atom. The van der Waals surface area contributed by atoms with Crippen LogP contribution < -0.4 is 11.1 Å². The number of rotatable bonds is 5. The van der Waals surface area contributed by atoms with Gasteiger partial charge < -0.3 is 21.3 Å². The van der Waals surface area contributed by atoms with Gasteiger partial charge in [0, 0.05) is 45.7 Å². The first kappa shape index (κ1) is 47.4. The van der Waals surface area contributed by atoms with E-state index >= 15 is 0 Å². The smallest absolute Gasteiger partial charge is 0.150 e. The fourth-order valence-electron chi connectivity index (χ4n) is 5.28. The number of nitrogens with two attached hydrogens (primary N) is 1. The van der Waals surface area contributed by atoms with E-state index in [0.29, 0.717) is 42.3 Å². The molecule has 0 fully saturated rings. The number of halogens is 4. The van der Waals surface area contributed by atoms with Gasteiger partial charge in [0.05, 0.1) is 49.9 Å². The maximum atomic E-state index is 11.0. The van der Waals surface area contributed by atoms with Crippen molar-refractivity contribution in [2.45, 2.75) is 34.7 Å². The number of pyridine rings is 4. The Kier molecular flexibility index (Phi) is 18.3. The average Bonchev–Trinajstić information content (AvgIpc) is 3.22. The van der Waals surface area contributed by atoms with Gasteiger partial charge in [0.1, 0.15) is 28.8 Å². The normalized spacial score (nSPS) is 10.5. The molecule has 1 atom stereocenters. The quantitative estimate of drug-likeness (QED) is 0.124. The van der Waals surface area contributed by atoms with Crippen LogP contribution in [-0.2, 0) is 0 Å². The Hall–Kier alpha value is -5.97. The molecule has 0 aliphatic carbocycles. The second kappa shape index (κ2) is 22.8. The summed E-state index contributed by atoms with van der Waals surface area (Å²) in [5.74, 6) is 0.366. The lowest BCUT2D eigenvalue weighted by Gasteiger charge is -2.23. The van der Waals surface area contributed by atoms with Gasteiger partial charge in [-0.1, -0.05) is 110 Å². The number of nitrogens with one attached hydrogen (secondary N) is 1. The number of para-hydroxylation sites is 1. The number of aldehydes is 1. The van der Waals surface area contributed by atoms with Gasteiger partial charge in [-0.25, -0.2) is 0 Å². The van der Waals surface area contributed by atoms with Crippen LogP contribution in [0.3, 0.4) is 0 Å². The number of phenols is 2. The van der Waals surface area contributed by atoms with Crippen molar-refractivity contribution in [1.82, 2.24) is 19.9 Å². The van der Waals surface area contributed by atoms with Crippen molar-refractivity contribution in [3.63, 3.8) is 0 Å². The SMILES string of the molecule is C.C.Cc1ccc(N)cn1.Cc1ccc(NC(c2ccc(Cl)c(Cl)c2)c2ccc3cccnc3c2O)cn1.O=Cc1ccc(Cl)c(Cl)c1.Oc1cccc2cccnc12. The number of nitrogens with zero attached hydrogens (tertiary/aromatic N) is 4. The average molecular weight is 871 g/mol. The number of hydrogen-bond donors (Lipinski definition) is 4. The van der Waals surface area contributed by atoms with E-state index in [1.807, 2.05) is 86.6 Å². The Labute approximate surface area is 364 Å². The molecule has 1 unspecified atom stereocenters. The number of aromatic nitrogens is 4. The molecule has 0 amide bonds. The van der Waals surface area contributed by atoms with Crippen molar-refractivity contribution < 1.29 is 15.0 Å². The van der Waals surface area contributed by atoms with Gasteiger partial charge >= 0.3 is 0 Å². The number of fused-ring (bicyclic) bond motifs is 2. The molecule has 9 nitrogen and oxygen atoms in total. The molecule has 0 saturated heterocycles. The molecule has 4 heterocycles. The molecule has 0 aliphatic rings. The molecule has 0 saturated carbocycles. The minimum absolute atomic E-state index is 0. The molecule has 0 aliphatic heterocycles. The third-order valence-corrected chi connectivity index (χ3v) is 9.69. The van der Waals surface area contributed by atoms with Crippen LogP contribution in [0.5, 0.6) is 11.5 Å². The van der Waals surface area contributed by atoms with Crippen molar-refractivity contribution in [1.29, 1.82) is 0 Å². The van der Waals surface area contributed by atoms with Gasteiger partial charge in [-0.05, 0) is 86.1 Å². The highest BCUT2D eigenvalue weighted by Gasteiger charge is 2.21. The summed E-state index contributed by atoms with van der Waals surface area (Å²) in [5.41, 5.74) is 12.1. The maximum Gasteiger partial charge on any atom is 0.150 e. The van der Waals surface area contributed by atoms with Crippen molar-refractivity contribution >= 4 is 85.9 Å². The second-order valence-electron chi connectivity index (χ2n) is 12.4. The molecule has 304 valence electrons. The standard InChI is InChI=1S/C22H17Cl2N3O.C9H7NO.C7H4Cl2O.C6H8N2.2CH4/c1-13-4-7-16(12-26-13)27-20(15-6-9-18(23)19(24)11-15)17-8-5-14-3-2-10-25-21(14)22(17)28;11-8-5-1-3-7-4-2-6-10-9(7)8;8-6-2-1-5(4-10)3-7(6)9;1-5-2-3-6(7)4-8-5;;/h2-12,20,27-28H,1H3;1-6,11H;1-4H;2-4H,7H2,1H3;2*1H4. The zero-order valence-corrected chi connectivity index (χ0v) is 33.6. The number of carbonyl (C=O) groups is 1. The van der Waals surface area contributed by atoms with Crippen LogP contribution in [0.25, 0.3) is 21.8 Å². The molecule has 0 radical (unpaired) electrons. The minimum Gasteiger partial charge on any atom is -0.506 e. The summed E-state index contributed by atoms with van der Waals surface area (Å²) < 4.78 is 0. The Balaban J connectivity index is 0.000000246. The Morgan fingerprint density at radius 2 is 1.22 bits per heavy atom. The first-order valence-corrected chi connectivity index (χ1v) is 18.8. The molecule has 0 spiro atoms. The first-order chi connectivity index (χ1) is 27.4. The van der Waals surface area contributed by atoms with Crippen LogP contribution in [0.2, 0.25) is 20.1 Å². The highest BCUT2D eigenvalue weighted by molar-refractivity contribution is 6.42. The van der Waals surface area contributed by atoms with Crippen molar-refractivity contribution in [2.24, 2.45) is 0 Å². The molecule has 5 N–H and O–H groups in total. The van der Waals surface area contributed by atoms with Gasteiger partial charge in [-0.2, -0.15) is 0 Å². The topological polar surface area (TPSA) is 147 Å². The largest absolute Gasteiger partial charge is 0.506 e. The summed E-state index contributed by atoms with van der Waals surface area (Å²) in [4.78, 5) is 26.8. The fraction of sp³-hybridized carbons (Fsp3) is 0.109. The monoisotopic (exact) mass is 868 g/mol. The number of carbonyl (C=O) groups excluding carboxylic acids is 1. The molecule has 4 aromatic heterocycles. The van der Waals surface area contributed by atoms with E-state index in [2.05, 4.69) is 25.3 Å². The van der Waals surface area contributed by atoms with Crippen molar-refractivity contribution in [3.05, 3.63) is 188 Å². The molecule has 59 heavy (non-hydrogen) atoms. The summed E-state index contributed by atoms with van der Waals surface area (Å²) in [6.45, 7) is 3.86. The summed E-state index contributed by atoms with van der Waals surface area (Å²) in [6, 6.07) is 34.1. The summed E-state index contributed by atoms with van der Waals surface area (Å²) in [7, 11) is 0. The van der Waals surface area contributed by atoms with E-state index in [1.165, 1.54) is 6.07 Å². The number of aryl methyl sites for hydroxylation is 2. The van der Waals surface area contributed by atoms with E-state index < -0.39 is 0 Å². The number of nitrogen functional groups attached to an aromatic ring is 1. The Bertz CT molecular complexity index is 2570. The number of hydrogen-bond acceptors (Lipinski definition) is 9. The first-order valence-electron chi connectivity index (χ1n) is 17.2. The van der Waals surface area contributed by atoms with Gasteiger partial charge in [-0.15, -0.1) is 0 Å². The molecule has 13 heteroatoms. The predicted molar refractivity (Wildman–Crippen MR) is 246 cm³/mol. The minimum atomic E-state index is -0.370. The lowest BCUT2D eigenvalue weighted by atomic mass is 9.96. The second-order valence-corrected chi connectivity index (χ2v) is 14.0. The van der Waals surface area contributed by atoms with E-state index in [0.717, 1.165) is 45.4 Å². The number of phenolic OH excluding ortho intramolecular Hbond substituents is 2. The van der Waals surface area contributed by atoms with E-state index in [9.17, 15) is 15.0 Å².